The molecule has 1 N–H and O–H groups in total. The average Bonchev–Trinajstić information content (AvgIpc) is 3.45. The number of hydrogen-bond donors (Lipinski definition) is 1. The van der Waals surface area contributed by atoms with E-state index in [1.54, 1.807) is 10.9 Å². The third-order valence-electron chi connectivity index (χ3n) is 6.12. The SMILES string of the molecule is Cn1cc(C(=O)Nc2nccs2)c(CC2CCN(Cc3cccc4ncccc34)CC2)n1. The number of anilines is 1. The van der Waals surface area contributed by atoms with Gasteiger partial charge in [-0.15, -0.1) is 11.3 Å². The van der Waals surface area contributed by atoms with Gasteiger partial charge in [0.05, 0.1) is 16.8 Å². The van der Waals surface area contributed by atoms with E-state index >= 15 is 0 Å². The Hall–Kier alpha value is -3.10. The van der Waals surface area contributed by atoms with Crippen LogP contribution in [0.2, 0.25) is 0 Å². The van der Waals surface area contributed by atoms with Crippen molar-refractivity contribution in [2.24, 2.45) is 13.0 Å². The van der Waals surface area contributed by atoms with Gasteiger partial charge in [-0.25, -0.2) is 4.98 Å². The van der Waals surface area contributed by atoms with Crippen LogP contribution < -0.4 is 5.32 Å². The number of nitrogens with one attached hydrogen (secondary N) is 1. The lowest BCUT2D eigenvalue weighted by atomic mass is 9.91. The molecule has 3 aromatic heterocycles. The van der Waals surface area contributed by atoms with Crippen molar-refractivity contribution in [3.8, 4) is 0 Å². The van der Waals surface area contributed by atoms with Gasteiger partial charge in [-0.2, -0.15) is 5.10 Å². The highest BCUT2D eigenvalue weighted by atomic mass is 32.1. The Morgan fingerprint density at radius 2 is 2.03 bits per heavy atom. The van der Waals surface area contributed by atoms with Crippen LogP contribution in [0.15, 0.2) is 54.3 Å². The second kappa shape index (κ2) is 9.18. The Morgan fingerprint density at radius 1 is 1.16 bits per heavy atom. The number of carbonyl (C=O) groups excluding carboxylic acids is 1. The van der Waals surface area contributed by atoms with Gasteiger partial charge in [0.2, 0.25) is 0 Å². The number of amides is 1. The number of nitrogens with zero attached hydrogens (tertiary/aromatic N) is 5. The number of rotatable bonds is 6. The first-order valence-electron chi connectivity index (χ1n) is 10.9. The summed E-state index contributed by atoms with van der Waals surface area (Å²) in [5.41, 5.74) is 3.91. The predicted molar refractivity (Wildman–Crippen MR) is 127 cm³/mol. The number of piperidine rings is 1. The van der Waals surface area contributed by atoms with Crippen LogP contribution in [0.25, 0.3) is 10.9 Å². The Labute approximate surface area is 191 Å². The van der Waals surface area contributed by atoms with Crippen LogP contribution in [-0.4, -0.2) is 43.6 Å². The highest BCUT2D eigenvalue weighted by Crippen LogP contribution is 2.26. The molecule has 1 fully saturated rings. The molecule has 0 saturated carbocycles. The van der Waals surface area contributed by atoms with E-state index in [2.05, 4.69) is 49.5 Å². The van der Waals surface area contributed by atoms with E-state index in [-0.39, 0.29) is 5.91 Å². The Bertz CT molecular complexity index is 1210. The summed E-state index contributed by atoms with van der Waals surface area (Å²) in [5.74, 6) is 0.395. The molecule has 0 unspecified atom stereocenters. The Balaban J connectivity index is 1.21. The fourth-order valence-electron chi connectivity index (χ4n) is 4.49. The van der Waals surface area contributed by atoms with Gasteiger partial charge in [-0.1, -0.05) is 18.2 Å². The molecule has 5 rings (SSSR count). The van der Waals surface area contributed by atoms with E-state index in [4.69, 9.17) is 0 Å². The van der Waals surface area contributed by atoms with Crippen LogP contribution in [0.5, 0.6) is 0 Å². The molecule has 164 valence electrons. The number of carbonyl (C=O) groups is 1. The number of hydrogen-bond acceptors (Lipinski definition) is 6. The predicted octanol–water partition coefficient (Wildman–Crippen LogP) is 4.13. The van der Waals surface area contributed by atoms with Crippen LogP contribution in [0.4, 0.5) is 5.13 Å². The van der Waals surface area contributed by atoms with Gasteiger partial charge in [-0.3, -0.25) is 24.7 Å². The number of likely N-dealkylation sites (tertiary alicyclic amines) is 1. The van der Waals surface area contributed by atoms with Gasteiger partial charge in [0, 0.05) is 42.9 Å². The van der Waals surface area contributed by atoms with Crippen LogP contribution in [0.1, 0.15) is 34.5 Å². The lowest BCUT2D eigenvalue weighted by Crippen LogP contribution is -2.34. The van der Waals surface area contributed by atoms with E-state index in [1.807, 2.05) is 30.9 Å². The molecule has 0 bridgehead atoms. The van der Waals surface area contributed by atoms with Gasteiger partial charge < -0.3 is 0 Å². The maximum Gasteiger partial charge on any atom is 0.260 e. The molecule has 1 aromatic carbocycles. The summed E-state index contributed by atoms with van der Waals surface area (Å²) < 4.78 is 1.73. The first-order chi connectivity index (χ1) is 15.7. The minimum absolute atomic E-state index is 0.134. The molecule has 8 heteroatoms. The Kier molecular flexibility index (Phi) is 5.96. The molecule has 1 aliphatic heterocycles. The summed E-state index contributed by atoms with van der Waals surface area (Å²) in [4.78, 5) is 23.9. The van der Waals surface area contributed by atoms with Crippen LogP contribution in [0, 0.1) is 5.92 Å². The first kappa shape index (κ1) is 20.8. The molecule has 0 atom stereocenters. The molecule has 4 aromatic rings. The first-order valence-corrected chi connectivity index (χ1v) is 11.8. The van der Waals surface area contributed by atoms with Gasteiger partial charge in [-0.05, 0) is 56.0 Å². The monoisotopic (exact) mass is 446 g/mol. The molecule has 0 radical (unpaired) electrons. The molecule has 0 spiro atoms. The van der Waals surface area contributed by atoms with E-state index < -0.39 is 0 Å². The van der Waals surface area contributed by atoms with Crippen molar-refractivity contribution < 1.29 is 4.79 Å². The molecule has 1 aliphatic rings. The minimum atomic E-state index is -0.134. The van der Waals surface area contributed by atoms with Crippen molar-refractivity contribution in [1.82, 2.24) is 24.6 Å². The number of pyridine rings is 1. The maximum atomic E-state index is 12.7. The van der Waals surface area contributed by atoms with E-state index in [0.29, 0.717) is 16.6 Å². The van der Waals surface area contributed by atoms with Crippen LogP contribution >= 0.6 is 11.3 Å². The summed E-state index contributed by atoms with van der Waals surface area (Å²) in [6.07, 6.45) is 8.38. The smallest absolute Gasteiger partial charge is 0.260 e. The molecule has 1 saturated heterocycles. The highest BCUT2D eigenvalue weighted by molar-refractivity contribution is 7.13. The molecule has 0 aliphatic carbocycles. The van der Waals surface area contributed by atoms with Crippen molar-refractivity contribution in [3.63, 3.8) is 0 Å². The summed E-state index contributed by atoms with van der Waals surface area (Å²) in [6.45, 7) is 3.05. The third kappa shape index (κ3) is 4.56. The van der Waals surface area contributed by atoms with Crippen molar-refractivity contribution in [2.45, 2.75) is 25.8 Å². The number of fused-ring (bicyclic) bond motifs is 1. The normalized spacial score (nSPS) is 15.3. The number of thiazole rings is 1. The van der Waals surface area contributed by atoms with E-state index in [1.165, 1.54) is 22.3 Å². The zero-order valence-corrected chi connectivity index (χ0v) is 18.9. The summed E-state index contributed by atoms with van der Waals surface area (Å²) in [6, 6.07) is 10.5. The maximum absolute atomic E-state index is 12.7. The third-order valence-corrected chi connectivity index (χ3v) is 6.81. The second-order valence-electron chi connectivity index (χ2n) is 8.37. The standard InChI is InChI=1S/C24H26N6OS/c1-29-16-20(23(31)27-24-26-10-13-32-24)22(28-29)14-17-7-11-30(12-8-17)15-18-4-2-6-21-19(18)5-3-9-25-21/h2-6,9-10,13,16-17H,7-8,11-12,14-15H2,1H3,(H,26,27,31). The van der Waals surface area contributed by atoms with Crippen LogP contribution in [0.3, 0.4) is 0 Å². The van der Waals surface area contributed by atoms with Crippen molar-refractivity contribution in [2.75, 3.05) is 18.4 Å². The number of aryl methyl sites for hydroxylation is 1. The quantitative estimate of drug-likeness (QED) is 0.482. The second-order valence-corrected chi connectivity index (χ2v) is 9.26. The summed E-state index contributed by atoms with van der Waals surface area (Å²) >= 11 is 1.42. The fraction of sp³-hybridized carbons (Fsp3) is 0.333. The summed E-state index contributed by atoms with van der Waals surface area (Å²) in [5, 5.41) is 11.2. The van der Waals surface area contributed by atoms with E-state index in [9.17, 15) is 4.79 Å². The zero-order chi connectivity index (χ0) is 21.9. The minimum Gasteiger partial charge on any atom is -0.299 e. The Morgan fingerprint density at radius 3 is 2.84 bits per heavy atom. The van der Waals surface area contributed by atoms with Gasteiger partial charge in [0.1, 0.15) is 0 Å². The zero-order valence-electron chi connectivity index (χ0n) is 18.1. The van der Waals surface area contributed by atoms with Crippen LogP contribution in [-0.2, 0) is 20.0 Å². The largest absolute Gasteiger partial charge is 0.299 e. The molecular formula is C24H26N6OS. The highest BCUT2D eigenvalue weighted by Gasteiger charge is 2.24. The lowest BCUT2D eigenvalue weighted by molar-refractivity contribution is 0.102. The summed E-state index contributed by atoms with van der Waals surface area (Å²) in [7, 11) is 1.87. The van der Waals surface area contributed by atoms with Gasteiger partial charge >= 0.3 is 0 Å². The average molecular weight is 447 g/mol. The topological polar surface area (TPSA) is 75.9 Å². The van der Waals surface area contributed by atoms with E-state index in [0.717, 1.165) is 50.1 Å². The van der Waals surface area contributed by atoms with Crippen molar-refractivity contribution >= 4 is 33.3 Å². The molecule has 1 amide bonds. The molecular weight excluding hydrogens is 420 g/mol. The van der Waals surface area contributed by atoms with Crippen molar-refractivity contribution in [3.05, 3.63) is 71.1 Å². The fourth-order valence-corrected chi connectivity index (χ4v) is 5.02. The molecule has 4 heterocycles. The van der Waals surface area contributed by atoms with Crippen molar-refractivity contribution in [1.29, 1.82) is 0 Å². The lowest BCUT2D eigenvalue weighted by Gasteiger charge is -2.32. The molecule has 7 nitrogen and oxygen atoms in total. The van der Waals surface area contributed by atoms with Gasteiger partial charge in [0.15, 0.2) is 5.13 Å². The van der Waals surface area contributed by atoms with Gasteiger partial charge in [0.25, 0.3) is 5.91 Å². The molecule has 32 heavy (non-hydrogen) atoms. The number of benzene rings is 1. The number of aromatic nitrogens is 4.